The van der Waals surface area contributed by atoms with E-state index < -0.39 is 0 Å². The van der Waals surface area contributed by atoms with Crippen molar-refractivity contribution < 1.29 is 0 Å². The highest BCUT2D eigenvalue weighted by Gasteiger charge is 2.13. The number of hydrogen-bond donors (Lipinski definition) is 3. The lowest BCUT2D eigenvalue weighted by Crippen LogP contribution is -2.43. The molecule has 0 amide bonds. The molecule has 0 spiro atoms. The first-order valence-electron chi connectivity index (χ1n) is 5.36. The van der Waals surface area contributed by atoms with E-state index in [1.807, 2.05) is 12.1 Å². The molecule has 15 heavy (non-hydrogen) atoms. The topological polar surface area (TPSA) is 67.3 Å². The number of benzene rings is 1. The van der Waals surface area contributed by atoms with Crippen LogP contribution in [0.2, 0.25) is 0 Å². The Labute approximate surface area is 90.2 Å². The van der Waals surface area contributed by atoms with Gasteiger partial charge in [-0.05, 0) is 11.6 Å². The number of nitrogen functional groups attached to an aromatic ring is 1. The molecule has 0 bridgehead atoms. The molecule has 1 fully saturated rings. The first-order valence-corrected chi connectivity index (χ1v) is 5.36. The highest BCUT2D eigenvalue weighted by molar-refractivity contribution is 5.71. The van der Waals surface area contributed by atoms with Gasteiger partial charge in [0.15, 0.2) is 0 Å². The minimum absolute atomic E-state index is 0.506. The molecule has 5 N–H and O–H groups in total. The van der Waals surface area contributed by atoms with Crippen molar-refractivity contribution in [2.45, 2.75) is 6.54 Å². The van der Waals surface area contributed by atoms with E-state index in [-0.39, 0.29) is 0 Å². The highest BCUT2D eigenvalue weighted by Crippen LogP contribution is 2.26. The molecule has 0 aromatic heterocycles. The average Bonchev–Trinajstić information content (AvgIpc) is 2.30. The smallest absolute Gasteiger partial charge is 0.0604 e. The average molecular weight is 206 g/mol. The Bertz CT molecular complexity index is 331. The summed E-state index contributed by atoms with van der Waals surface area (Å²) in [7, 11) is 0. The highest BCUT2D eigenvalue weighted by atomic mass is 15.2. The summed E-state index contributed by atoms with van der Waals surface area (Å²) in [6, 6.07) is 6.08. The van der Waals surface area contributed by atoms with Crippen LogP contribution < -0.4 is 21.7 Å². The van der Waals surface area contributed by atoms with Crippen LogP contribution in [-0.2, 0) is 6.54 Å². The number of nitrogens with zero attached hydrogens (tertiary/aromatic N) is 1. The summed E-state index contributed by atoms with van der Waals surface area (Å²) in [5.41, 5.74) is 14.7. The number of para-hydroxylation sites is 1. The maximum absolute atomic E-state index is 6.08. The standard InChI is InChI=1S/C11H18N4/c12-8-9-2-1-3-10(11(9)13)15-6-4-14-5-7-15/h1-3,14H,4-8,12-13H2. The predicted molar refractivity (Wildman–Crippen MR) is 63.8 cm³/mol. The zero-order valence-corrected chi connectivity index (χ0v) is 8.87. The Kier molecular flexibility index (Phi) is 3.08. The van der Waals surface area contributed by atoms with Gasteiger partial charge >= 0.3 is 0 Å². The van der Waals surface area contributed by atoms with Crippen molar-refractivity contribution in [3.05, 3.63) is 23.8 Å². The molecule has 0 aliphatic carbocycles. The van der Waals surface area contributed by atoms with E-state index in [4.69, 9.17) is 11.5 Å². The first kappa shape index (κ1) is 10.3. The molecule has 4 heteroatoms. The van der Waals surface area contributed by atoms with Gasteiger partial charge in [-0.1, -0.05) is 12.1 Å². The van der Waals surface area contributed by atoms with Crippen molar-refractivity contribution in [3.63, 3.8) is 0 Å². The van der Waals surface area contributed by atoms with Gasteiger partial charge in [-0.3, -0.25) is 0 Å². The van der Waals surface area contributed by atoms with Gasteiger partial charge in [-0.15, -0.1) is 0 Å². The Morgan fingerprint density at radius 3 is 2.67 bits per heavy atom. The van der Waals surface area contributed by atoms with Gasteiger partial charge in [0, 0.05) is 32.7 Å². The molecule has 0 radical (unpaired) electrons. The number of nitrogens with one attached hydrogen (secondary N) is 1. The van der Waals surface area contributed by atoms with E-state index in [1.54, 1.807) is 0 Å². The molecule has 0 atom stereocenters. The summed E-state index contributed by atoms with van der Waals surface area (Å²) < 4.78 is 0. The first-order chi connectivity index (χ1) is 7.33. The summed E-state index contributed by atoms with van der Waals surface area (Å²) in [5, 5.41) is 3.33. The summed E-state index contributed by atoms with van der Waals surface area (Å²) >= 11 is 0. The van der Waals surface area contributed by atoms with Gasteiger partial charge < -0.3 is 21.7 Å². The number of anilines is 2. The van der Waals surface area contributed by atoms with Crippen LogP contribution in [-0.4, -0.2) is 26.2 Å². The van der Waals surface area contributed by atoms with E-state index >= 15 is 0 Å². The van der Waals surface area contributed by atoms with Crippen LogP contribution in [0.1, 0.15) is 5.56 Å². The number of hydrogen-bond acceptors (Lipinski definition) is 4. The molecule has 1 saturated heterocycles. The van der Waals surface area contributed by atoms with Gasteiger partial charge in [0.1, 0.15) is 0 Å². The third kappa shape index (κ3) is 2.06. The Morgan fingerprint density at radius 2 is 2.00 bits per heavy atom. The summed E-state index contributed by atoms with van der Waals surface area (Å²) in [4.78, 5) is 2.31. The number of piperazine rings is 1. The Hall–Kier alpha value is -1.26. The molecule has 0 saturated carbocycles. The van der Waals surface area contributed by atoms with E-state index in [1.165, 1.54) is 0 Å². The number of nitrogens with two attached hydrogens (primary N) is 2. The van der Waals surface area contributed by atoms with Crippen molar-refractivity contribution in [1.29, 1.82) is 0 Å². The van der Waals surface area contributed by atoms with Gasteiger partial charge in [-0.2, -0.15) is 0 Å². The molecule has 82 valence electrons. The molecule has 0 unspecified atom stereocenters. The van der Waals surface area contributed by atoms with Crippen LogP contribution in [0.4, 0.5) is 11.4 Å². The lowest BCUT2D eigenvalue weighted by molar-refractivity contribution is 0.589. The molecule has 1 heterocycles. The largest absolute Gasteiger partial charge is 0.397 e. The fourth-order valence-electron chi connectivity index (χ4n) is 1.96. The van der Waals surface area contributed by atoms with Gasteiger partial charge in [0.25, 0.3) is 0 Å². The van der Waals surface area contributed by atoms with Gasteiger partial charge in [0.05, 0.1) is 11.4 Å². The summed E-state index contributed by atoms with van der Waals surface area (Å²) in [6.07, 6.45) is 0. The van der Waals surface area contributed by atoms with Crippen molar-refractivity contribution >= 4 is 11.4 Å². The molecule has 2 rings (SSSR count). The minimum Gasteiger partial charge on any atom is -0.397 e. The van der Waals surface area contributed by atoms with E-state index in [0.29, 0.717) is 6.54 Å². The van der Waals surface area contributed by atoms with Crippen LogP contribution >= 0.6 is 0 Å². The Morgan fingerprint density at radius 1 is 1.27 bits per heavy atom. The van der Waals surface area contributed by atoms with Crippen LogP contribution in [0.3, 0.4) is 0 Å². The van der Waals surface area contributed by atoms with E-state index in [9.17, 15) is 0 Å². The Balaban J connectivity index is 2.26. The SMILES string of the molecule is NCc1cccc(N2CCNCC2)c1N. The second kappa shape index (κ2) is 4.51. The number of rotatable bonds is 2. The monoisotopic (exact) mass is 206 g/mol. The fourth-order valence-corrected chi connectivity index (χ4v) is 1.96. The second-order valence-corrected chi connectivity index (χ2v) is 3.79. The van der Waals surface area contributed by atoms with Crippen molar-refractivity contribution in [2.24, 2.45) is 5.73 Å². The molecule has 1 aliphatic heterocycles. The minimum atomic E-state index is 0.506. The maximum Gasteiger partial charge on any atom is 0.0604 e. The van der Waals surface area contributed by atoms with Crippen LogP contribution in [0.15, 0.2) is 18.2 Å². The maximum atomic E-state index is 6.08. The molecular weight excluding hydrogens is 188 g/mol. The normalized spacial score (nSPS) is 16.7. The molecular formula is C11H18N4. The molecule has 1 aromatic rings. The van der Waals surface area contributed by atoms with Gasteiger partial charge in [0.2, 0.25) is 0 Å². The second-order valence-electron chi connectivity index (χ2n) is 3.79. The molecule has 1 aromatic carbocycles. The van der Waals surface area contributed by atoms with Gasteiger partial charge in [-0.25, -0.2) is 0 Å². The molecule has 1 aliphatic rings. The quantitative estimate of drug-likeness (QED) is 0.602. The zero-order chi connectivity index (χ0) is 10.7. The van der Waals surface area contributed by atoms with Crippen molar-refractivity contribution in [1.82, 2.24) is 5.32 Å². The summed E-state index contributed by atoms with van der Waals surface area (Å²) in [6.45, 7) is 4.57. The van der Waals surface area contributed by atoms with E-state index in [0.717, 1.165) is 43.1 Å². The third-order valence-electron chi connectivity index (χ3n) is 2.85. The lowest BCUT2D eigenvalue weighted by atomic mass is 10.1. The van der Waals surface area contributed by atoms with Crippen LogP contribution in [0.25, 0.3) is 0 Å². The van der Waals surface area contributed by atoms with E-state index in [2.05, 4.69) is 16.3 Å². The van der Waals surface area contributed by atoms with Crippen LogP contribution in [0, 0.1) is 0 Å². The van der Waals surface area contributed by atoms with Crippen molar-refractivity contribution in [2.75, 3.05) is 36.8 Å². The zero-order valence-electron chi connectivity index (χ0n) is 8.87. The fraction of sp³-hybridized carbons (Fsp3) is 0.455. The summed E-state index contributed by atoms with van der Waals surface area (Å²) in [5.74, 6) is 0. The third-order valence-corrected chi connectivity index (χ3v) is 2.85. The van der Waals surface area contributed by atoms with Crippen LogP contribution in [0.5, 0.6) is 0 Å². The molecule has 4 nitrogen and oxygen atoms in total. The van der Waals surface area contributed by atoms with Crippen molar-refractivity contribution in [3.8, 4) is 0 Å². The lowest BCUT2D eigenvalue weighted by Gasteiger charge is -2.30. The predicted octanol–water partition coefficient (Wildman–Crippen LogP) is 0.137.